The summed E-state index contributed by atoms with van der Waals surface area (Å²) in [5.74, 6) is 2.68. The third-order valence-corrected chi connectivity index (χ3v) is 8.70. The molecular weight excluding hydrogens is 316 g/mol. The summed E-state index contributed by atoms with van der Waals surface area (Å²) in [6.07, 6.45) is 6.74. The summed E-state index contributed by atoms with van der Waals surface area (Å²) < 4.78 is 0. The fourth-order valence-corrected chi connectivity index (χ4v) is 7.92. The number of aryl methyl sites for hydroxylation is 1. The molecule has 1 heteroatoms. The minimum atomic E-state index is 0.140. The van der Waals surface area contributed by atoms with Crippen molar-refractivity contribution in [1.29, 1.82) is 0 Å². The Morgan fingerprint density at radius 1 is 1.12 bits per heavy atom. The number of hydrogen-bond acceptors (Lipinski definition) is 1. The third-order valence-electron chi connectivity index (χ3n) is 8.70. The highest BCUT2D eigenvalue weighted by molar-refractivity contribution is 5.95. The van der Waals surface area contributed by atoms with Crippen LogP contribution in [-0.4, -0.2) is 5.78 Å². The van der Waals surface area contributed by atoms with Crippen molar-refractivity contribution in [2.45, 2.75) is 57.3 Å². The molecule has 2 aromatic rings. The predicted molar refractivity (Wildman–Crippen MR) is 103 cm³/mol. The molecule has 0 aliphatic heterocycles. The quantitative estimate of drug-likeness (QED) is 0.565. The van der Waals surface area contributed by atoms with E-state index in [1.165, 1.54) is 47.6 Å². The zero-order valence-electron chi connectivity index (χ0n) is 15.3. The van der Waals surface area contributed by atoms with E-state index in [4.69, 9.17) is 0 Å². The summed E-state index contributed by atoms with van der Waals surface area (Å²) >= 11 is 0. The van der Waals surface area contributed by atoms with E-state index in [1.54, 1.807) is 16.7 Å². The van der Waals surface area contributed by atoms with Crippen molar-refractivity contribution in [3.8, 4) is 0 Å². The molecule has 1 spiro atoms. The summed E-state index contributed by atoms with van der Waals surface area (Å²) in [6, 6.07) is 11.8. The van der Waals surface area contributed by atoms with Crippen molar-refractivity contribution < 1.29 is 4.79 Å². The fraction of sp³-hybridized carbons (Fsp3) is 0.480. The lowest BCUT2D eigenvalue weighted by Crippen LogP contribution is -2.36. The Labute approximate surface area is 154 Å². The first-order valence-electron chi connectivity index (χ1n) is 10.5. The van der Waals surface area contributed by atoms with Gasteiger partial charge in [0.25, 0.3) is 0 Å². The second-order valence-corrected chi connectivity index (χ2v) is 9.71. The van der Waals surface area contributed by atoms with E-state index in [-0.39, 0.29) is 11.3 Å². The van der Waals surface area contributed by atoms with Gasteiger partial charge in [-0.25, -0.2) is 0 Å². The maximum Gasteiger partial charge on any atom is 0.141 e. The monoisotopic (exact) mass is 340 g/mol. The van der Waals surface area contributed by atoms with Crippen LogP contribution in [0, 0.1) is 17.3 Å². The summed E-state index contributed by atoms with van der Waals surface area (Å²) in [6.45, 7) is 2.46. The molecule has 6 aliphatic rings. The zero-order chi connectivity index (χ0) is 17.2. The smallest absolute Gasteiger partial charge is 0.141 e. The Morgan fingerprint density at radius 3 is 2.96 bits per heavy atom. The van der Waals surface area contributed by atoms with E-state index < -0.39 is 0 Å². The molecule has 0 N–H and O–H groups in total. The molecular formula is C25H24O. The first kappa shape index (κ1) is 14.2. The molecule has 0 saturated heterocycles. The van der Waals surface area contributed by atoms with Crippen LogP contribution in [0.3, 0.4) is 0 Å². The second kappa shape index (κ2) is 4.32. The predicted octanol–water partition coefficient (Wildman–Crippen LogP) is 5.67. The molecule has 8 rings (SSSR count). The third kappa shape index (κ3) is 1.39. The Bertz CT molecular complexity index is 1060. The SMILES string of the molecule is CC1CC2=C3C4CCC2(C4)C2C(=O)CCc4cc5c(cccc5cc42)C31. The van der Waals surface area contributed by atoms with Gasteiger partial charge in [-0.2, -0.15) is 0 Å². The normalized spacial score (nSPS) is 38.9. The van der Waals surface area contributed by atoms with Crippen LogP contribution in [0.2, 0.25) is 0 Å². The highest BCUT2D eigenvalue weighted by Crippen LogP contribution is 2.71. The number of benzene rings is 2. The van der Waals surface area contributed by atoms with Gasteiger partial charge in [0.05, 0.1) is 5.92 Å². The lowest BCUT2D eigenvalue weighted by atomic mass is 9.61. The average molecular weight is 340 g/mol. The van der Waals surface area contributed by atoms with E-state index >= 15 is 0 Å². The number of carbonyl (C=O) groups is 1. The van der Waals surface area contributed by atoms with Gasteiger partial charge in [-0.3, -0.25) is 4.79 Å². The second-order valence-electron chi connectivity index (χ2n) is 9.71. The Hall–Kier alpha value is -1.89. The number of allylic oxidation sites excluding steroid dienone is 2. The molecule has 130 valence electrons. The number of ketones is 1. The molecule has 6 aliphatic carbocycles. The maximum absolute atomic E-state index is 13.3. The van der Waals surface area contributed by atoms with E-state index in [9.17, 15) is 4.79 Å². The van der Waals surface area contributed by atoms with Crippen LogP contribution in [0.5, 0.6) is 0 Å². The molecule has 0 aromatic heterocycles. The number of rotatable bonds is 0. The van der Waals surface area contributed by atoms with Crippen molar-refractivity contribution in [3.63, 3.8) is 0 Å². The summed E-state index contributed by atoms with van der Waals surface area (Å²) in [7, 11) is 0. The van der Waals surface area contributed by atoms with E-state index in [2.05, 4.69) is 37.3 Å². The molecule has 2 aromatic carbocycles. The first-order chi connectivity index (χ1) is 12.7. The van der Waals surface area contributed by atoms with Gasteiger partial charge in [0.2, 0.25) is 0 Å². The van der Waals surface area contributed by atoms with Gasteiger partial charge in [-0.1, -0.05) is 48.4 Å². The van der Waals surface area contributed by atoms with Crippen molar-refractivity contribution in [3.05, 3.63) is 58.2 Å². The van der Waals surface area contributed by atoms with Gasteiger partial charge in [0.1, 0.15) is 5.78 Å². The van der Waals surface area contributed by atoms with Crippen LogP contribution >= 0.6 is 0 Å². The molecule has 26 heavy (non-hydrogen) atoms. The molecule has 1 fully saturated rings. The first-order valence-corrected chi connectivity index (χ1v) is 10.5. The van der Waals surface area contributed by atoms with Crippen LogP contribution in [-0.2, 0) is 11.2 Å². The number of hydrogen-bond donors (Lipinski definition) is 0. The zero-order valence-corrected chi connectivity index (χ0v) is 15.3. The molecule has 5 atom stereocenters. The number of carbonyl (C=O) groups excluding carboxylic acids is 1. The largest absolute Gasteiger partial charge is 0.299 e. The summed E-state index contributed by atoms with van der Waals surface area (Å²) in [5, 5.41) is 2.82. The molecule has 0 radical (unpaired) electrons. The van der Waals surface area contributed by atoms with Crippen LogP contribution in [0.4, 0.5) is 0 Å². The molecule has 5 unspecified atom stereocenters. The fourth-order valence-electron chi connectivity index (χ4n) is 7.92. The van der Waals surface area contributed by atoms with Gasteiger partial charge in [0, 0.05) is 17.8 Å². The van der Waals surface area contributed by atoms with Crippen LogP contribution in [0.25, 0.3) is 10.8 Å². The van der Waals surface area contributed by atoms with Gasteiger partial charge in [0.15, 0.2) is 0 Å². The van der Waals surface area contributed by atoms with E-state index in [0.717, 1.165) is 18.8 Å². The Balaban J connectivity index is 1.69. The lowest BCUT2D eigenvalue weighted by molar-refractivity contribution is -0.123. The maximum atomic E-state index is 13.3. The number of fused-ring (bicyclic) bond motifs is 1. The summed E-state index contributed by atoms with van der Waals surface area (Å²) in [4.78, 5) is 13.3. The van der Waals surface area contributed by atoms with Crippen LogP contribution < -0.4 is 0 Å². The van der Waals surface area contributed by atoms with Gasteiger partial charge in [-0.05, 0) is 71.4 Å². The molecule has 11 bridgehead atoms. The minimum Gasteiger partial charge on any atom is -0.299 e. The van der Waals surface area contributed by atoms with Crippen LogP contribution in [0.15, 0.2) is 41.5 Å². The Kier molecular flexibility index (Phi) is 2.36. The summed E-state index contributed by atoms with van der Waals surface area (Å²) in [5.41, 5.74) is 8.10. The van der Waals surface area contributed by atoms with Crippen molar-refractivity contribution >= 4 is 16.6 Å². The van der Waals surface area contributed by atoms with Crippen molar-refractivity contribution in [1.82, 2.24) is 0 Å². The van der Waals surface area contributed by atoms with Crippen molar-refractivity contribution in [2.75, 3.05) is 0 Å². The lowest BCUT2D eigenvalue weighted by Gasteiger charge is -2.41. The molecule has 1 saturated carbocycles. The van der Waals surface area contributed by atoms with Gasteiger partial charge in [-0.15, -0.1) is 0 Å². The molecule has 0 heterocycles. The highest BCUT2D eigenvalue weighted by Gasteiger charge is 2.61. The van der Waals surface area contributed by atoms with Gasteiger partial charge >= 0.3 is 0 Å². The van der Waals surface area contributed by atoms with Crippen molar-refractivity contribution in [2.24, 2.45) is 17.3 Å². The standard InChI is InChI=1S/C25H24O/c1-13-9-20-23-16-7-8-25(20,12-16)24-19-11-14-3-2-4-17(22(13)23)18(14)10-15(19)5-6-21(24)26/h2-4,10-11,13,16,22,24H,5-9,12H2,1H3. The highest BCUT2D eigenvalue weighted by atomic mass is 16.1. The molecule has 1 nitrogen and oxygen atoms in total. The average Bonchev–Trinajstić information content (AvgIpc) is 3.28. The minimum absolute atomic E-state index is 0.140. The van der Waals surface area contributed by atoms with Crippen LogP contribution in [0.1, 0.15) is 67.6 Å². The topological polar surface area (TPSA) is 17.1 Å². The van der Waals surface area contributed by atoms with Gasteiger partial charge < -0.3 is 0 Å². The Morgan fingerprint density at radius 2 is 2.04 bits per heavy atom. The van der Waals surface area contributed by atoms with E-state index in [0.29, 0.717) is 17.6 Å². The number of Topliss-reactive ketones (excluding diaryl/α,β-unsaturated/α-hetero) is 1. The molecule has 0 amide bonds. The van der Waals surface area contributed by atoms with E-state index in [1.807, 2.05) is 0 Å².